The number of methoxy groups -OCH3 is 1. The second kappa shape index (κ2) is 7.10. The Labute approximate surface area is 129 Å². The molecule has 0 aromatic rings. The first kappa shape index (κ1) is 16.8. The number of hydrogen-bond donors (Lipinski definition) is 1. The molecule has 0 aromatic heterocycles. The van der Waals surface area contributed by atoms with Crippen LogP contribution in [-0.2, 0) is 9.53 Å². The van der Waals surface area contributed by atoms with Gasteiger partial charge in [-0.1, -0.05) is 26.2 Å². The van der Waals surface area contributed by atoms with Crippen molar-refractivity contribution in [3.63, 3.8) is 0 Å². The Morgan fingerprint density at radius 1 is 1.29 bits per heavy atom. The van der Waals surface area contributed by atoms with E-state index in [0.717, 1.165) is 38.1 Å². The van der Waals surface area contributed by atoms with Crippen LogP contribution in [0, 0.1) is 11.8 Å². The molecule has 0 heterocycles. The van der Waals surface area contributed by atoms with Crippen LogP contribution in [0.15, 0.2) is 0 Å². The SMILES string of the molecule is COC(=O)C1(N)CCCC1CCN(C)C1CCCCC1C. The standard InChI is InChI=1S/C17H32N2O2/c1-13-7-4-5-9-15(13)19(2)12-10-14-8-6-11-17(14,18)16(20)21-3/h13-15H,4-12,18H2,1-3H3. The number of esters is 1. The molecule has 4 heteroatoms. The molecule has 0 spiro atoms. The van der Waals surface area contributed by atoms with Crippen molar-refractivity contribution in [3.8, 4) is 0 Å². The van der Waals surface area contributed by atoms with E-state index in [0.29, 0.717) is 6.04 Å². The van der Waals surface area contributed by atoms with Crippen LogP contribution >= 0.6 is 0 Å². The summed E-state index contributed by atoms with van der Waals surface area (Å²) in [7, 11) is 3.68. The largest absolute Gasteiger partial charge is 0.468 e. The van der Waals surface area contributed by atoms with Gasteiger partial charge in [-0.05, 0) is 57.5 Å². The normalized spacial score (nSPS) is 36.9. The Kier molecular flexibility index (Phi) is 5.67. The molecule has 0 aromatic carbocycles. The molecule has 0 amide bonds. The third kappa shape index (κ3) is 3.59. The van der Waals surface area contributed by atoms with Gasteiger partial charge in [-0.3, -0.25) is 4.79 Å². The van der Waals surface area contributed by atoms with Crippen molar-refractivity contribution in [1.82, 2.24) is 4.90 Å². The lowest BCUT2D eigenvalue weighted by Gasteiger charge is -2.37. The highest BCUT2D eigenvalue weighted by Crippen LogP contribution is 2.37. The summed E-state index contributed by atoms with van der Waals surface area (Å²) in [5.41, 5.74) is 5.61. The molecule has 2 fully saturated rings. The zero-order chi connectivity index (χ0) is 15.5. The quantitative estimate of drug-likeness (QED) is 0.792. The third-order valence-corrected chi connectivity index (χ3v) is 5.90. The van der Waals surface area contributed by atoms with Crippen LogP contribution in [0.5, 0.6) is 0 Å². The Morgan fingerprint density at radius 2 is 2.00 bits per heavy atom. The van der Waals surface area contributed by atoms with Crippen LogP contribution in [0.1, 0.15) is 58.3 Å². The summed E-state index contributed by atoms with van der Waals surface area (Å²) in [6.07, 6.45) is 9.27. The van der Waals surface area contributed by atoms with Crippen molar-refractivity contribution in [1.29, 1.82) is 0 Å². The third-order valence-electron chi connectivity index (χ3n) is 5.90. The fourth-order valence-electron chi connectivity index (χ4n) is 4.44. The number of hydrogen-bond acceptors (Lipinski definition) is 4. The van der Waals surface area contributed by atoms with Crippen LogP contribution in [0.25, 0.3) is 0 Å². The number of nitrogens with two attached hydrogens (primary N) is 1. The van der Waals surface area contributed by atoms with Crippen molar-refractivity contribution in [2.45, 2.75) is 69.9 Å². The van der Waals surface area contributed by atoms with Crippen molar-refractivity contribution >= 4 is 5.97 Å². The number of rotatable bonds is 5. The minimum absolute atomic E-state index is 0.223. The molecule has 0 saturated heterocycles. The smallest absolute Gasteiger partial charge is 0.326 e. The van der Waals surface area contributed by atoms with E-state index in [1.54, 1.807) is 0 Å². The molecule has 0 radical (unpaired) electrons. The van der Waals surface area contributed by atoms with Gasteiger partial charge in [0.15, 0.2) is 0 Å². The monoisotopic (exact) mass is 296 g/mol. The Morgan fingerprint density at radius 3 is 2.67 bits per heavy atom. The maximum absolute atomic E-state index is 12.0. The molecule has 4 atom stereocenters. The molecular formula is C17H32N2O2. The molecule has 2 saturated carbocycles. The summed E-state index contributed by atoms with van der Waals surface area (Å²) in [4.78, 5) is 14.5. The predicted molar refractivity (Wildman–Crippen MR) is 84.9 cm³/mol. The van der Waals surface area contributed by atoms with Crippen LogP contribution in [0.4, 0.5) is 0 Å². The average Bonchev–Trinajstić information content (AvgIpc) is 2.86. The Hall–Kier alpha value is -0.610. The van der Waals surface area contributed by atoms with E-state index in [1.165, 1.54) is 32.8 Å². The van der Waals surface area contributed by atoms with E-state index >= 15 is 0 Å². The molecule has 21 heavy (non-hydrogen) atoms. The van der Waals surface area contributed by atoms with Crippen molar-refractivity contribution in [3.05, 3.63) is 0 Å². The van der Waals surface area contributed by atoms with Gasteiger partial charge in [0.25, 0.3) is 0 Å². The number of ether oxygens (including phenoxy) is 1. The lowest BCUT2D eigenvalue weighted by atomic mass is 9.83. The first-order valence-electron chi connectivity index (χ1n) is 8.56. The summed E-state index contributed by atoms with van der Waals surface area (Å²) in [6, 6.07) is 0.699. The van der Waals surface area contributed by atoms with E-state index < -0.39 is 5.54 Å². The first-order valence-corrected chi connectivity index (χ1v) is 8.56. The summed E-state index contributed by atoms with van der Waals surface area (Å²) >= 11 is 0. The molecule has 2 aliphatic rings. The first-order chi connectivity index (χ1) is 9.99. The van der Waals surface area contributed by atoms with Crippen LogP contribution in [0.2, 0.25) is 0 Å². The molecule has 122 valence electrons. The topological polar surface area (TPSA) is 55.6 Å². The van der Waals surface area contributed by atoms with E-state index in [2.05, 4.69) is 18.9 Å². The second-order valence-corrected chi connectivity index (χ2v) is 7.22. The Bertz CT molecular complexity index is 361. The summed E-state index contributed by atoms with van der Waals surface area (Å²) in [5, 5.41) is 0. The molecule has 2 N–H and O–H groups in total. The van der Waals surface area contributed by atoms with Gasteiger partial charge < -0.3 is 15.4 Å². The second-order valence-electron chi connectivity index (χ2n) is 7.22. The predicted octanol–water partition coefficient (Wildman–Crippen LogP) is 2.56. The zero-order valence-corrected chi connectivity index (χ0v) is 13.9. The van der Waals surface area contributed by atoms with Gasteiger partial charge in [-0.2, -0.15) is 0 Å². The van der Waals surface area contributed by atoms with Crippen molar-refractivity contribution < 1.29 is 9.53 Å². The van der Waals surface area contributed by atoms with E-state index in [4.69, 9.17) is 10.5 Å². The highest BCUT2D eigenvalue weighted by Gasteiger charge is 2.46. The fraction of sp³-hybridized carbons (Fsp3) is 0.941. The van der Waals surface area contributed by atoms with Crippen LogP contribution in [-0.4, -0.2) is 43.2 Å². The highest BCUT2D eigenvalue weighted by atomic mass is 16.5. The lowest BCUT2D eigenvalue weighted by molar-refractivity contribution is -0.148. The molecule has 2 rings (SSSR count). The van der Waals surface area contributed by atoms with E-state index in [1.807, 2.05) is 0 Å². The number of carbonyl (C=O) groups excluding carboxylic acids is 1. The summed E-state index contributed by atoms with van der Waals surface area (Å²) in [5.74, 6) is 0.834. The molecule has 4 nitrogen and oxygen atoms in total. The van der Waals surface area contributed by atoms with Crippen molar-refractivity contribution in [2.75, 3.05) is 20.7 Å². The van der Waals surface area contributed by atoms with Gasteiger partial charge in [0.2, 0.25) is 0 Å². The van der Waals surface area contributed by atoms with Gasteiger partial charge in [-0.25, -0.2) is 0 Å². The van der Waals surface area contributed by atoms with Crippen molar-refractivity contribution in [2.24, 2.45) is 17.6 Å². The fourth-order valence-corrected chi connectivity index (χ4v) is 4.44. The Balaban J connectivity index is 1.88. The highest BCUT2D eigenvalue weighted by molar-refractivity contribution is 5.81. The van der Waals surface area contributed by atoms with Crippen LogP contribution < -0.4 is 5.73 Å². The minimum atomic E-state index is -0.742. The van der Waals surface area contributed by atoms with Gasteiger partial charge in [0.1, 0.15) is 5.54 Å². The van der Waals surface area contributed by atoms with Gasteiger partial charge in [-0.15, -0.1) is 0 Å². The molecular weight excluding hydrogens is 264 g/mol. The maximum atomic E-state index is 12.0. The van der Waals surface area contributed by atoms with Gasteiger partial charge >= 0.3 is 5.97 Å². The molecule has 2 aliphatic carbocycles. The number of nitrogens with zero attached hydrogens (tertiary/aromatic N) is 1. The zero-order valence-electron chi connectivity index (χ0n) is 13.9. The molecule has 0 aliphatic heterocycles. The van der Waals surface area contributed by atoms with Gasteiger partial charge in [0, 0.05) is 6.04 Å². The van der Waals surface area contributed by atoms with E-state index in [9.17, 15) is 4.79 Å². The lowest BCUT2D eigenvalue weighted by Crippen LogP contribution is -2.52. The molecule has 4 unspecified atom stereocenters. The number of carbonyl (C=O) groups is 1. The average molecular weight is 296 g/mol. The van der Waals surface area contributed by atoms with Crippen LogP contribution in [0.3, 0.4) is 0 Å². The van der Waals surface area contributed by atoms with Gasteiger partial charge in [0.05, 0.1) is 7.11 Å². The summed E-state index contributed by atoms with van der Waals surface area (Å²) < 4.78 is 4.93. The maximum Gasteiger partial charge on any atom is 0.326 e. The summed E-state index contributed by atoms with van der Waals surface area (Å²) in [6.45, 7) is 3.41. The molecule has 0 bridgehead atoms. The minimum Gasteiger partial charge on any atom is -0.468 e. The van der Waals surface area contributed by atoms with E-state index in [-0.39, 0.29) is 11.9 Å².